The van der Waals surface area contributed by atoms with Gasteiger partial charge in [-0.05, 0) is 6.07 Å². The predicted octanol–water partition coefficient (Wildman–Crippen LogP) is 2.54. The SMILES string of the molecule is Cl.Fc1cc(F)c2ccoc2c1N1CCNCC1. The van der Waals surface area contributed by atoms with Crippen molar-refractivity contribution in [3.8, 4) is 0 Å². The van der Waals surface area contributed by atoms with E-state index in [0.717, 1.165) is 19.2 Å². The van der Waals surface area contributed by atoms with Crippen LogP contribution in [-0.4, -0.2) is 26.2 Å². The van der Waals surface area contributed by atoms with Crippen molar-refractivity contribution < 1.29 is 13.2 Å². The van der Waals surface area contributed by atoms with Gasteiger partial charge in [-0.25, -0.2) is 8.78 Å². The highest BCUT2D eigenvalue weighted by Gasteiger charge is 2.21. The average Bonchev–Trinajstić information content (AvgIpc) is 2.79. The summed E-state index contributed by atoms with van der Waals surface area (Å²) in [6, 6.07) is 2.45. The van der Waals surface area contributed by atoms with Crippen LogP contribution in [0, 0.1) is 11.6 Å². The summed E-state index contributed by atoms with van der Waals surface area (Å²) in [4.78, 5) is 1.89. The second-order valence-corrected chi connectivity index (χ2v) is 4.09. The molecule has 0 saturated carbocycles. The summed E-state index contributed by atoms with van der Waals surface area (Å²) in [6.45, 7) is 2.97. The van der Waals surface area contributed by atoms with Crippen LogP contribution in [0.2, 0.25) is 0 Å². The zero-order chi connectivity index (χ0) is 11.8. The van der Waals surface area contributed by atoms with Gasteiger partial charge >= 0.3 is 0 Å². The van der Waals surface area contributed by atoms with Crippen LogP contribution in [0.5, 0.6) is 0 Å². The van der Waals surface area contributed by atoms with E-state index in [1.54, 1.807) is 0 Å². The van der Waals surface area contributed by atoms with Gasteiger partial charge in [0, 0.05) is 32.2 Å². The van der Waals surface area contributed by atoms with Crippen LogP contribution < -0.4 is 10.2 Å². The third-order valence-corrected chi connectivity index (χ3v) is 3.05. The number of nitrogens with zero attached hydrogens (tertiary/aromatic N) is 1. The minimum Gasteiger partial charge on any atom is -0.462 e. The maximum Gasteiger partial charge on any atom is 0.163 e. The highest BCUT2D eigenvalue weighted by molar-refractivity contribution is 5.90. The number of hydrogen-bond donors (Lipinski definition) is 1. The normalized spacial score (nSPS) is 15.8. The molecule has 0 atom stereocenters. The fourth-order valence-corrected chi connectivity index (χ4v) is 2.23. The molecule has 1 aliphatic heterocycles. The number of piperazine rings is 1. The first kappa shape index (κ1) is 13.1. The van der Waals surface area contributed by atoms with E-state index < -0.39 is 11.6 Å². The molecule has 0 amide bonds. The number of hydrogen-bond acceptors (Lipinski definition) is 3. The lowest BCUT2D eigenvalue weighted by Crippen LogP contribution is -2.44. The molecule has 0 bridgehead atoms. The van der Waals surface area contributed by atoms with Gasteiger partial charge in [-0.3, -0.25) is 0 Å². The number of fused-ring (bicyclic) bond motifs is 1. The van der Waals surface area contributed by atoms with E-state index in [0.29, 0.717) is 29.7 Å². The Balaban J connectivity index is 0.00000120. The molecule has 1 aromatic carbocycles. The molecular weight excluding hydrogens is 262 g/mol. The lowest BCUT2D eigenvalue weighted by Gasteiger charge is -2.29. The average molecular weight is 275 g/mol. The summed E-state index contributed by atoms with van der Waals surface area (Å²) in [5.41, 5.74) is 0.664. The van der Waals surface area contributed by atoms with Crippen molar-refractivity contribution in [2.75, 3.05) is 31.1 Å². The van der Waals surface area contributed by atoms with Crippen molar-refractivity contribution in [3.63, 3.8) is 0 Å². The van der Waals surface area contributed by atoms with Crippen LogP contribution in [0.15, 0.2) is 22.8 Å². The second kappa shape index (κ2) is 5.12. The molecular formula is C12H13ClF2N2O. The van der Waals surface area contributed by atoms with Gasteiger partial charge < -0.3 is 14.6 Å². The van der Waals surface area contributed by atoms with Crippen molar-refractivity contribution in [1.82, 2.24) is 5.32 Å². The molecule has 0 spiro atoms. The Bertz CT molecular complexity index is 552. The van der Waals surface area contributed by atoms with E-state index in [2.05, 4.69) is 5.32 Å². The summed E-state index contributed by atoms with van der Waals surface area (Å²) in [7, 11) is 0. The summed E-state index contributed by atoms with van der Waals surface area (Å²) in [5, 5.41) is 3.52. The molecule has 2 aromatic rings. The van der Waals surface area contributed by atoms with Gasteiger partial charge in [0.25, 0.3) is 0 Å². The maximum absolute atomic E-state index is 13.9. The number of rotatable bonds is 1. The summed E-state index contributed by atoms with van der Waals surface area (Å²) >= 11 is 0. The van der Waals surface area contributed by atoms with E-state index in [1.165, 1.54) is 12.3 Å². The first-order valence-electron chi connectivity index (χ1n) is 5.58. The van der Waals surface area contributed by atoms with Crippen molar-refractivity contribution in [2.24, 2.45) is 0 Å². The minimum absolute atomic E-state index is 0. The standard InChI is InChI=1S/C12H12F2N2O.ClH/c13-9-7-10(14)11(12-8(9)1-6-17-12)16-4-2-15-3-5-16;/h1,6-7,15H,2-5H2;1H. The minimum atomic E-state index is -0.579. The molecule has 3 nitrogen and oxygen atoms in total. The molecule has 3 rings (SSSR count). The van der Waals surface area contributed by atoms with Crippen molar-refractivity contribution in [3.05, 3.63) is 30.0 Å². The molecule has 0 radical (unpaired) electrons. The zero-order valence-corrected chi connectivity index (χ0v) is 10.4. The van der Waals surface area contributed by atoms with Crippen molar-refractivity contribution in [1.29, 1.82) is 0 Å². The van der Waals surface area contributed by atoms with Gasteiger partial charge in [-0.1, -0.05) is 0 Å². The third kappa shape index (κ3) is 2.04. The Morgan fingerprint density at radius 2 is 1.89 bits per heavy atom. The highest BCUT2D eigenvalue weighted by atomic mass is 35.5. The largest absolute Gasteiger partial charge is 0.462 e. The molecule has 1 saturated heterocycles. The Hall–Kier alpha value is -1.33. The molecule has 6 heteroatoms. The van der Waals surface area contributed by atoms with Gasteiger partial charge in [-0.2, -0.15) is 0 Å². The summed E-state index contributed by atoms with van der Waals surface area (Å²) < 4.78 is 32.6. The maximum atomic E-state index is 13.9. The van der Waals surface area contributed by atoms with Gasteiger partial charge in [-0.15, -0.1) is 12.4 Å². The number of nitrogens with one attached hydrogen (secondary N) is 1. The van der Waals surface area contributed by atoms with E-state index in [-0.39, 0.29) is 12.4 Å². The molecule has 1 fully saturated rings. The number of benzene rings is 1. The predicted molar refractivity (Wildman–Crippen MR) is 68.5 cm³/mol. The van der Waals surface area contributed by atoms with E-state index in [1.807, 2.05) is 4.90 Å². The highest BCUT2D eigenvalue weighted by Crippen LogP contribution is 2.32. The van der Waals surface area contributed by atoms with Gasteiger partial charge in [0.1, 0.15) is 11.5 Å². The summed E-state index contributed by atoms with van der Waals surface area (Å²) in [6.07, 6.45) is 1.39. The fourth-order valence-electron chi connectivity index (χ4n) is 2.23. The molecule has 18 heavy (non-hydrogen) atoms. The van der Waals surface area contributed by atoms with Crippen LogP contribution >= 0.6 is 12.4 Å². The molecule has 1 N–H and O–H groups in total. The van der Waals surface area contributed by atoms with E-state index in [4.69, 9.17) is 4.42 Å². The Morgan fingerprint density at radius 3 is 2.61 bits per heavy atom. The van der Waals surface area contributed by atoms with Crippen LogP contribution in [-0.2, 0) is 0 Å². The van der Waals surface area contributed by atoms with Crippen LogP contribution in [0.4, 0.5) is 14.5 Å². The van der Waals surface area contributed by atoms with Gasteiger partial charge in [0.2, 0.25) is 0 Å². The first-order valence-corrected chi connectivity index (χ1v) is 5.58. The second-order valence-electron chi connectivity index (χ2n) is 4.09. The van der Waals surface area contributed by atoms with Crippen molar-refractivity contribution in [2.45, 2.75) is 0 Å². The third-order valence-electron chi connectivity index (χ3n) is 3.05. The molecule has 1 aliphatic rings. The molecule has 1 aromatic heterocycles. The van der Waals surface area contributed by atoms with E-state index in [9.17, 15) is 8.78 Å². The van der Waals surface area contributed by atoms with Crippen LogP contribution in [0.25, 0.3) is 11.0 Å². The number of anilines is 1. The fraction of sp³-hybridized carbons (Fsp3) is 0.333. The molecule has 0 unspecified atom stereocenters. The Kier molecular flexibility index (Phi) is 3.73. The topological polar surface area (TPSA) is 28.4 Å². The monoisotopic (exact) mass is 274 g/mol. The summed E-state index contributed by atoms with van der Waals surface area (Å²) in [5.74, 6) is -1.14. The zero-order valence-electron chi connectivity index (χ0n) is 9.58. The lowest BCUT2D eigenvalue weighted by molar-refractivity contribution is 0.547. The molecule has 2 heterocycles. The van der Waals surface area contributed by atoms with Gasteiger partial charge in [0.05, 0.1) is 11.6 Å². The smallest absolute Gasteiger partial charge is 0.163 e. The number of halogens is 3. The van der Waals surface area contributed by atoms with Crippen molar-refractivity contribution >= 4 is 29.1 Å². The quantitative estimate of drug-likeness (QED) is 0.866. The molecule has 0 aliphatic carbocycles. The van der Waals surface area contributed by atoms with E-state index >= 15 is 0 Å². The van der Waals surface area contributed by atoms with Gasteiger partial charge in [0.15, 0.2) is 11.4 Å². The Morgan fingerprint density at radius 1 is 1.17 bits per heavy atom. The van der Waals surface area contributed by atoms with Crippen LogP contribution in [0.3, 0.4) is 0 Å². The van der Waals surface area contributed by atoms with Crippen LogP contribution in [0.1, 0.15) is 0 Å². The lowest BCUT2D eigenvalue weighted by atomic mass is 10.2. The Labute approximate surface area is 109 Å². The number of furan rings is 1. The first-order chi connectivity index (χ1) is 8.27. The molecule has 98 valence electrons.